The van der Waals surface area contributed by atoms with Crippen LogP contribution in [0.15, 0.2) is 33.9 Å². The van der Waals surface area contributed by atoms with Crippen LogP contribution >= 0.6 is 0 Å². The van der Waals surface area contributed by atoms with Gasteiger partial charge in [0.2, 0.25) is 0 Å². The van der Waals surface area contributed by atoms with E-state index in [0.717, 1.165) is 5.56 Å². The fraction of sp³-hybridized carbons (Fsp3) is 0.417. The van der Waals surface area contributed by atoms with Crippen LogP contribution in [0.5, 0.6) is 11.5 Å². The first-order valence-electron chi connectivity index (χ1n) is 10.9. The van der Waals surface area contributed by atoms with Gasteiger partial charge in [-0.15, -0.1) is 0 Å². The summed E-state index contributed by atoms with van der Waals surface area (Å²) in [6.45, 7) is 8.01. The van der Waals surface area contributed by atoms with Crippen LogP contribution in [0.25, 0.3) is 11.0 Å². The maximum atomic E-state index is 13.4. The van der Waals surface area contributed by atoms with Crippen molar-refractivity contribution >= 4 is 16.9 Å². The summed E-state index contributed by atoms with van der Waals surface area (Å²) in [5.74, 6) is 0.752. The van der Waals surface area contributed by atoms with Crippen LogP contribution < -0.4 is 26.0 Å². The van der Waals surface area contributed by atoms with Crippen molar-refractivity contribution in [1.29, 1.82) is 0 Å². The van der Waals surface area contributed by atoms with Gasteiger partial charge in [0.1, 0.15) is 11.5 Å². The summed E-state index contributed by atoms with van der Waals surface area (Å²) in [7, 11) is 3.11. The highest BCUT2D eigenvalue weighted by molar-refractivity contribution is 6.05. The molecule has 2 N–H and O–H groups in total. The molecule has 0 aliphatic heterocycles. The first kappa shape index (κ1) is 24.0. The number of pyridine rings is 1. The topological polar surface area (TPSA) is 115 Å². The van der Waals surface area contributed by atoms with Crippen molar-refractivity contribution in [3.63, 3.8) is 0 Å². The Labute approximate surface area is 191 Å². The lowest BCUT2D eigenvalue weighted by atomic mass is 10.0. The van der Waals surface area contributed by atoms with Crippen LogP contribution in [0.2, 0.25) is 0 Å². The summed E-state index contributed by atoms with van der Waals surface area (Å²) in [6.07, 6.45) is 0.671. The number of rotatable bonds is 8. The molecule has 0 saturated heterocycles. The Bertz CT molecular complexity index is 1290. The van der Waals surface area contributed by atoms with E-state index in [-0.39, 0.29) is 22.5 Å². The Hall–Kier alpha value is -3.62. The number of aryl methyl sites for hydroxylation is 1. The molecule has 0 aliphatic carbocycles. The number of hydrogen-bond acceptors (Lipinski definition) is 6. The minimum atomic E-state index is -0.634. The van der Waals surface area contributed by atoms with Gasteiger partial charge in [-0.1, -0.05) is 20.8 Å². The number of carbonyl (C=O) groups is 1. The average Bonchev–Trinajstić information content (AvgIpc) is 2.80. The van der Waals surface area contributed by atoms with E-state index < -0.39 is 23.2 Å². The first-order valence-corrected chi connectivity index (χ1v) is 10.9. The van der Waals surface area contributed by atoms with Crippen LogP contribution in [-0.2, 0) is 6.54 Å². The quantitative estimate of drug-likeness (QED) is 0.540. The molecule has 0 aliphatic rings. The zero-order valence-electron chi connectivity index (χ0n) is 19.8. The van der Waals surface area contributed by atoms with Gasteiger partial charge >= 0.3 is 5.69 Å². The first-order chi connectivity index (χ1) is 15.7. The number of nitrogens with one attached hydrogen (secondary N) is 2. The summed E-state index contributed by atoms with van der Waals surface area (Å²) < 4.78 is 12.1. The number of aromatic nitrogens is 3. The summed E-state index contributed by atoms with van der Waals surface area (Å²) >= 11 is 0. The van der Waals surface area contributed by atoms with Crippen molar-refractivity contribution < 1.29 is 14.3 Å². The molecule has 1 amide bonds. The molecular formula is C24H30N4O5. The molecule has 9 heteroatoms. The molecule has 2 heterocycles. The third-order valence-electron chi connectivity index (χ3n) is 5.51. The Morgan fingerprint density at radius 2 is 1.88 bits per heavy atom. The van der Waals surface area contributed by atoms with Crippen LogP contribution in [0.1, 0.15) is 67.7 Å². The maximum absolute atomic E-state index is 13.4. The van der Waals surface area contributed by atoms with Gasteiger partial charge in [0.05, 0.1) is 31.2 Å². The van der Waals surface area contributed by atoms with Gasteiger partial charge in [0, 0.05) is 23.9 Å². The molecule has 1 aromatic carbocycles. The molecule has 0 saturated carbocycles. The highest BCUT2D eigenvalue weighted by Crippen LogP contribution is 2.30. The van der Waals surface area contributed by atoms with Crippen molar-refractivity contribution in [2.45, 2.75) is 52.6 Å². The second-order valence-corrected chi connectivity index (χ2v) is 8.16. The normalized spacial score (nSPS) is 12.1. The molecule has 0 radical (unpaired) electrons. The smallest absolute Gasteiger partial charge is 0.329 e. The van der Waals surface area contributed by atoms with Crippen LogP contribution in [-0.4, -0.2) is 34.7 Å². The average molecular weight is 455 g/mol. The lowest BCUT2D eigenvalue weighted by molar-refractivity contribution is 0.0941. The number of hydrogen-bond donors (Lipinski definition) is 2. The standard InChI is InChI=1S/C24H30N4O5/c1-7-10-28-21-20(23(30)27-24(28)31)17(12-18(26-21)13(2)3)22(29)25-14(4)16-9-8-15(32-5)11-19(16)33-6/h8-9,11-14H,7,10H2,1-6H3,(H,25,29)(H,27,30,31). The molecule has 33 heavy (non-hydrogen) atoms. The fourth-order valence-corrected chi connectivity index (χ4v) is 3.73. The second kappa shape index (κ2) is 9.89. The van der Waals surface area contributed by atoms with Gasteiger partial charge in [-0.2, -0.15) is 0 Å². The van der Waals surface area contributed by atoms with Crippen LogP contribution in [0, 0.1) is 0 Å². The largest absolute Gasteiger partial charge is 0.497 e. The minimum Gasteiger partial charge on any atom is -0.497 e. The molecule has 2 aromatic heterocycles. The molecule has 1 unspecified atom stereocenters. The lowest BCUT2D eigenvalue weighted by Crippen LogP contribution is -2.34. The van der Waals surface area contributed by atoms with Gasteiger partial charge in [0.15, 0.2) is 5.65 Å². The number of ether oxygens (including phenoxy) is 2. The summed E-state index contributed by atoms with van der Waals surface area (Å²) in [4.78, 5) is 45.5. The van der Waals surface area contributed by atoms with Gasteiger partial charge in [-0.05, 0) is 37.5 Å². The van der Waals surface area contributed by atoms with Crippen molar-refractivity contribution in [1.82, 2.24) is 19.9 Å². The summed E-state index contributed by atoms with van der Waals surface area (Å²) in [6, 6.07) is 6.54. The predicted molar refractivity (Wildman–Crippen MR) is 126 cm³/mol. The molecule has 0 fully saturated rings. The third kappa shape index (κ3) is 4.76. The minimum absolute atomic E-state index is 0.00970. The molecule has 3 aromatic rings. The van der Waals surface area contributed by atoms with E-state index in [4.69, 9.17) is 9.47 Å². The van der Waals surface area contributed by atoms with Gasteiger partial charge in [-0.25, -0.2) is 9.78 Å². The molecule has 0 bridgehead atoms. The Morgan fingerprint density at radius 1 is 1.15 bits per heavy atom. The van der Waals surface area contributed by atoms with Crippen molar-refractivity contribution in [3.8, 4) is 11.5 Å². The number of aromatic amines is 1. The van der Waals surface area contributed by atoms with E-state index in [1.165, 1.54) is 4.57 Å². The molecule has 176 valence electrons. The van der Waals surface area contributed by atoms with E-state index in [9.17, 15) is 14.4 Å². The maximum Gasteiger partial charge on any atom is 0.329 e. The van der Waals surface area contributed by atoms with Crippen molar-refractivity contribution in [2.75, 3.05) is 14.2 Å². The Balaban J connectivity index is 2.13. The zero-order valence-corrected chi connectivity index (χ0v) is 19.8. The molecular weight excluding hydrogens is 424 g/mol. The summed E-state index contributed by atoms with van der Waals surface area (Å²) in [5.41, 5.74) is 0.601. The van der Waals surface area contributed by atoms with Crippen LogP contribution in [0.3, 0.4) is 0 Å². The van der Waals surface area contributed by atoms with Gasteiger partial charge in [-0.3, -0.25) is 19.1 Å². The number of nitrogens with zero attached hydrogens (tertiary/aromatic N) is 2. The highest BCUT2D eigenvalue weighted by atomic mass is 16.5. The molecule has 0 spiro atoms. The van der Waals surface area contributed by atoms with Crippen molar-refractivity contribution in [3.05, 3.63) is 61.9 Å². The highest BCUT2D eigenvalue weighted by Gasteiger charge is 2.22. The van der Waals surface area contributed by atoms with E-state index in [1.54, 1.807) is 32.4 Å². The number of methoxy groups -OCH3 is 2. The number of carbonyl (C=O) groups excluding carboxylic acids is 1. The van der Waals surface area contributed by atoms with Gasteiger partial charge < -0.3 is 14.8 Å². The predicted octanol–water partition coefficient (Wildman–Crippen LogP) is 3.13. The SMILES string of the molecule is CCCn1c(=O)[nH]c(=O)c2c(C(=O)NC(C)c3ccc(OC)cc3OC)cc(C(C)C)nc21. The molecule has 9 nitrogen and oxygen atoms in total. The number of amides is 1. The third-order valence-corrected chi connectivity index (χ3v) is 5.51. The molecule has 3 rings (SSSR count). The van der Waals surface area contributed by atoms with E-state index in [1.807, 2.05) is 33.8 Å². The van der Waals surface area contributed by atoms with Gasteiger partial charge in [0.25, 0.3) is 11.5 Å². The number of benzene rings is 1. The molecule has 1 atom stereocenters. The Kier molecular flexibility index (Phi) is 7.20. The zero-order chi connectivity index (χ0) is 24.3. The lowest BCUT2D eigenvalue weighted by Gasteiger charge is -2.19. The fourth-order valence-electron chi connectivity index (χ4n) is 3.73. The van der Waals surface area contributed by atoms with E-state index in [2.05, 4.69) is 15.3 Å². The van der Waals surface area contributed by atoms with Crippen LogP contribution in [0.4, 0.5) is 0 Å². The van der Waals surface area contributed by atoms with E-state index >= 15 is 0 Å². The summed E-state index contributed by atoms with van der Waals surface area (Å²) in [5, 5.41) is 3.04. The monoisotopic (exact) mass is 454 g/mol. The second-order valence-electron chi connectivity index (χ2n) is 8.16. The van der Waals surface area contributed by atoms with E-state index in [0.29, 0.717) is 30.2 Å². The Morgan fingerprint density at radius 3 is 2.48 bits per heavy atom. The number of fused-ring (bicyclic) bond motifs is 1. The number of H-pyrrole nitrogens is 1. The van der Waals surface area contributed by atoms with Crippen molar-refractivity contribution in [2.24, 2.45) is 0 Å².